The molecule has 0 saturated carbocycles. The van der Waals surface area contributed by atoms with Crippen molar-refractivity contribution in [3.8, 4) is 0 Å². The van der Waals surface area contributed by atoms with Gasteiger partial charge in [0.2, 0.25) is 15.9 Å². The first-order valence-corrected chi connectivity index (χ1v) is 14.8. The number of nitrogens with zero attached hydrogens (tertiary/aromatic N) is 1. The molecule has 0 spiro atoms. The molecule has 14 heteroatoms. The molecule has 4 N–H and O–H groups in total. The topological polar surface area (TPSA) is 144 Å². The molecule has 1 saturated heterocycles. The van der Waals surface area contributed by atoms with Crippen molar-refractivity contribution in [3.05, 3.63) is 97.8 Å². The van der Waals surface area contributed by atoms with Crippen LogP contribution in [0.25, 0.3) is 0 Å². The summed E-state index contributed by atoms with van der Waals surface area (Å²) in [5.74, 6) is -0.231. The van der Waals surface area contributed by atoms with E-state index in [-0.39, 0.29) is 43.4 Å². The van der Waals surface area contributed by atoms with Crippen molar-refractivity contribution < 1.29 is 26.4 Å². The van der Waals surface area contributed by atoms with Crippen molar-refractivity contribution >= 4 is 15.9 Å². The molecule has 4 rings (SSSR count). The number of amides is 1. The van der Waals surface area contributed by atoms with Crippen molar-refractivity contribution in [2.24, 2.45) is 0 Å². The first kappa shape index (κ1) is 31.2. The molecular weight excluding hydrogens is 575 g/mol. The van der Waals surface area contributed by atoms with E-state index in [1.54, 1.807) is 0 Å². The molecule has 0 radical (unpaired) electrons. The monoisotopic (exact) mass is 607 g/mol. The lowest BCUT2D eigenvalue weighted by Crippen LogP contribution is -2.56. The molecule has 10 nitrogen and oxygen atoms in total. The standard InChI is InChI=1S/C28H32F3N5O5S/c1-17(2)19-5-3-18(4-6-19)15-33-26(38)24-13-21(32-16-22-14-25(37)35-27(39)34-22)11-12-36(24)42(40,41)23-9-7-20(8-10-23)28(29,30)31/h3-10,14,17,21,24,32H,11-13,15-16H2,1-2H3,(H,33,38)(H2,34,35,37,39)/t21-,24-/m1/s1. The van der Waals surface area contributed by atoms with Crippen molar-refractivity contribution in [1.29, 1.82) is 0 Å². The minimum Gasteiger partial charge on any atom is -0.351 e. The second-order valence-electron chi connectivity index (χ2n) is 10.5. The quantitative estimate of drug-likeness (QED) is 0.295. The number of halogens is 3. The number of carbonyl (C=O) groups is 1. The molecule has 2 aromatic carbocycles. The number of hydrogen-bond donors (Lipinski definition) is 4. The van der Waals surface area contributed by atoms with Crippen LogP contribution in [0.3, 0.4) is 0 Å². The van der Waals surface area contributed by atoms with Crippen molar-refractivity contribution in [2.75, 3.05) is 6.54 Å². The summed E-state index contributed by atoms with van der Waals surface area (Å²) in [6.07, 6.45) is -4.31. The maximum absolute atomic E-state index is 13.6. The SMILES string of the molecule is CC(C)c1ccc(CNC(=O)[C@H]2C[C@H](NCc3cc(=O)[nH]c(=O)[nH]3)CCN2S(=O)(=O)c2ccc(C(F)(F)F)cc2)cc1. The van der Waals surface area contributed by atoms with Crippen molar-refractivity contribution in [1.82, 2.24) is 24.9 Å². The van der Waals surface area contributed by atoms with E-state index in [1.165, 1.54) is 6.07 Å². The van der Waals surface area contributed by atoms with E-state index in [9.17, 15) is 36.0 Å². The van der Waals surface area contributed by atoms with Gasteiger partial charge in [0.1, 0.15) is 6.04 Å². The molecule has 0 aliphatic carbocycles. The predicted octanol–water partition coefficient (Wildman–Crippen LogP) is 2.83. The Bertz CT molecular complexity index is 1590. The molecular formula is C28H32F3N5O5S. The molecule has 226 valence electrons. The number of alkyl halides is 3. The zero-order chi connectivity index (χ0) is 30.7. The van der Waals surface area contributed by atoms with Gasteiger partial charge < -0.3 is 15.6 Å². The smallest absolute Gasteiger partial charge is 0.351 e. The van der Waals surface area contributed by atoms with Gasteiger partial charge in [0.05, 0.1) is 10.5 Å². The lowest BCUT2D eigenvalue weighted by Gasteiger charge is -2.38. The lowest BCUT2D eigenvalue weighted by atomic mass is 9.98. The lowest BCUT2D eigenvalue weighted by molar-refractivity contribution is -0.137. The highest BCUT2D eigenvalue weighted by atomic mass is 32.2. The summed E-state index contributed by atoms with van der Waals surface area (Å²) < 4.78 is 67.3. The Morgan fingerprint density at radius 1 is 1.02 bits per heavy atom. The minimum absolute atomic E-state index is 0.0470. The number of rotatable bonds is 9. The summed E-state index contributed by atoms with van der Waals surface area (Å²) >= 11 is 0. The van der Waals surface area contributed by atoms with Crippen LogP contribution in [-0.2, 0) is 34.1 Å². The third-order valence-corrected chi connectivity index (χ3v) is 9.08. The van der Waals surface area contributed by atoms with Crippen LogP contribution < -0.4 is 21.9 Å². The normalized spacial score (nSPS) is 18.2. The highest BCUT2D eigenvalue weighted by Crippen LogP contribution is 2.31. The molecule has 1 aliphatic heterocycles. The van der Waals surface area contributed by atoms with Crippen molar-refractivity contribution in [3.63, 3.8) is 0 Å². The van der Waals surface area contributed by atoms with E-state index in [0.717, 1.165) is 27.6 Å². The fourth-order valence-electron chi connectivity index (χ4n) is 4.80. The number of nitrogens with one attached hydrogen (secondary N) is 4. The summed E-state index contributed by atoms with van der Waals surface area (Å²) in [6, 6.07) is 10.5. The fraction of sp³-hybridized carbons (Fsp3) is 0.393. The number of aromatic nitrogens is 2. The highest BCUT2D eigenvalue weighted by molar-refractivity contribution is 7.89. The van der Waals surface area contributed by atoms with Crippen LogP contribution in [0.1, 0.15) is 55.0 Å². The largest absolute Gasteiger partial charge is 0.416 e. The zero-order valence-corrected chi connectivity index (χ0v) is 23.8. The minimum atomic E-state index is -4.63. The molecule has 1 aromatic heterocycles. The van der Waals surface area contributed by atoms with Crippen LogP contribution >= 0.6 is 0 Å². The number of aromatic amines is 2. The average molecular weight is 608 g/mol. The van der Waals surface area contributed by atoms with Gasteiger partial charge in [-0.15, -0.1) is 0 Å². The second-order valence-corrected chi connectivity index (χ2v) is 12.4. The van der Waals surface area contributed by atoms with Crippen LogP contribution in [0.5, 0.6) is 0 Å². The van der Waals surface area contributed by atoms with Gasteiger partial charge in [-0.3, -0.25) is 14.6 Å². The van der Waals surface area contributed by atoms with Gasteiger partial charge in [0, 0.05) is 37.4 Å². The van der Waals surface area contributed by atoms with Crippen LogP contribution in [0.2, 0.25) is 0 Å². The molecule has 1 fully saturated rings. The first-order valence-electron chi connectivity index (χ1n) is 13.4. The molecule has 42 heavy (non-hydrogen) atoms. The molecule has 2 atom stereocenters. The fourth-order valence-corrected chi connectivity index (χ4v) is 6.42. The molecule has 0 bridgehead atoms. The Morgan fingerprint density at radius 2 is 1.69 bits per heavy atom. The van der Waals surface area contributed by atoms with Crippen molar-refractivity contribution in [2.45, 2.75) is 68.9 Å². The molecule has 0 unspecified atom stereocenters. The summed E-state index contributed by atoms with van der Waals surface area (Å²) in [6.45, 7) is 4.26. The number of piperidine rings is 1. The summed E-state index contributed by atoms with van der Waals surface area (Å²) in [4.78, 5) is 40.9. The summed E-state index contributed by atoms with van der Waals surface area (Å²) in [5.41, 5.74) is 0.0203. The van der Waals surface area contributed by atoms with Gasteiger partial charge in [-0.25, -0.2) is 13.2 Å². The van der Waals surface area contributed by atoms with E-state index in [0.29, 0.717) is 23.7 Å². The Labute approximate surface area is 240 Å². The van der Waals surface area contributed by atoms with E-state index < -0.39 is 45.0 Å². The summed E-state index contributed by atoms with van der Waals surface area (Å²) in [7, 11) is -4.33. The first-order chi connectivity index (χ1) is 19.7. The van der Waals surface area contributed by atoms with Gasteiger partial charge >= 0.3 is 11.9 Å². The van der Waals surface area contributed by atoms with Gasteiger partial charge in [0.25, 0.3) is 5.56 Å². The maximum atomic E-state index is 13.6. The number of H-pyrrole nitrogens is 2. The third kappa shape index (κ3) is 7.55. The van der Waals surface area contributed by atoms with E-state index >= 15 is 0 Å². The molecule has 1 aliphatic rings. The third-order valence-electron chi connectivity index (χ3n) is 7.15. The number of benzene rings is 2. The van der Waals surface area contributed by atoms with Gasteiger partial charge in [-0.2, -0.15) is 17.5 Å². The number of carbonyl (C=O) groups excluding carboxylic acids is 1. The van der Waals surface area contributed by atoms with Crippen LogP contribution in [0.4, 0.5) is 13.2 Å². The number of hydrogen-bond acceptors (Lipinski definition) is 6. The van der Waals surface area contributed by atoms with E-state index in [1.807, 2.05) is 24.3 Å². The van der Waals surface area contributed by atoms with Gasteiger partial charge in [-0.05, 0) is 54.2 Å². The summed E-state index contributed by atoms with van der Waals surface area (Å²) in [5, 5.41) is 5.95. The highest BCUT2D eigenvalue weighted by Gasteiger charge is 2.41. The Morgan fingerprint density at radius 3 is 2.29 bits per heavy atom. The van der Waals surface area contributed by atoms with Gasteiger partial charge in [0.15, 0.2) is 0 Å². The zero-order valence-electron chi connectivity index (χ0n) is 23.0. The van der Waals surface area contributed by atoms with Crippen LogP contribution in [0.15, 0.2) is 69.1 Å². The van der Waals surface area contributed by atoms with Crippen LogP contribution in [-0.4, -0.2) is 47.2 Å². The van der Waals surface area contributed by atoms with Gasteiger partial charge in [-0.1, -0.05) is 38.1 Å². The predicted molar refractivity (Wildman–Crippen MR) is 149 cm³/mol. The molecule has 2 heterocycles. The second kappa shape index (κ2) is 12.6. The van der Waals surface area contributed by atoms with E-state index in [2.05, 4.69) is 34.4 Å². The van der Waals surface area contributed by atoms with Crippen LogP contribution in [0, 0.1) is 0 Å². The average Bonchev–Trinajstić information content (AvgIpc) is 2.94. The molecule has 3 aromatic rings. The Hall–Kier alpha value is -3.75. The van der Waals surface area contributed by atoms with E-state index in [4.69, 9.17) is 0 Å². The Balaban J connectivity index is 1.54. The Kier molecular flexibility index (Phi) is 9.38. The maximum Gasteiger partial charge on any atom is 0.416 e. The number of sulfonamides is 1. The molecule has 1 amide bonds.